The van der Waals surface area contributed by atoms with Crippen molar-refractivity contribution in [2.45, 2.75) is 6.54 Å². The second-order valence-electron chi connectivity index (χ2n) is 3.63. The minimum absolute atomic E-state index is 0.600. The summed E-state index contributed by atoms with van der Waals surface area (Å²) in [6.07, 6.45) is 1.76. The minimum Gasteiger partial charge on any atom is -0.379 e. The molecule has 2 rings (SSSR count). The summed E-state index contributed by atoms with van der Waals surface area (Å²) in [4.78, 5) is 4.31. The predicted octanol–water partition coefficient (Wildman–Crippen LogP) is 4.09. The number of nitrogens with one attached hydrogen (secondary N) is 1. The molecule has 5 heteroatoms. The van der Waals surface area contributed by atoms with Gasteiger partial charge in [-0.25, -0.2) is 0 Å². The summed E-state index contributed by atoms with van der Waals surface area (Å²) in [5.74, 6) is 0. The highest BCUT2D eigenvalue weighted by atomic mass is 79.9. The molecular weight excluding hydrogens is 358 g/mol. The number of halogens is 2. The summed E-state index contributed by atoms with van der Waals surface area (Å²) in [6.45, 7) is 0.600. The third kappa shape index (κ3) is 3.31. The van der Waals surface area contributed by atoms with Crippen LogP contribution in [0.4, 0.5) is 5.69 Å². The van der Waals surface area contributed by atoms with Crippen molar-refractivity contribution < 1.29 is 0 Å². The molecule has 2 aromatic rings. The highest BCUT2D eigenvalue weighted by Gasteiger charge is 2.02. The van der Waals surface area contributed by atoms with E-state index in [2.05, 4.69) is 48.2 Å². The number of hydrogen-bond donors (Lipinski definition) is 1. The first-order chi connectivity index (χ1) is 8.69. The van der Waals surface area contributed by atoms with Crippen LogP contribution in [0, 0.1) is 11.3 Å². The molecule has 1 aromatic carbocycles. The Kier molecular flexibility index (Phi) is 4.34. The molecule has 0 radical (unpaired) electrons. The summed E-state index contributed by atoms with van der Waals surface area (Å²) in [5.41, 5.74) is 2.47. The second-order valence-corrected chi connectivity index (χ2v) is 5.40. The molecule has 0 atom stereocenters. The van der Waals surface area contributed by atoms with Gasteiger partial charge in [0.05, 0.1) is 23.9 Å². The number of rotatable bonds is 3. The van der Waals surface area contributed by atoms with Crippen LogP contribution in [0.1, 0.15) is 11.3 Å². The fraction of sp³-hybridized carbons (Fsp3) is 0.0769. The van der Waals surface area contributed by atoms with Crippen molar-refractivity contribution in [3.8, 4) is 6.07 Å². The quantitative estimate of drug-likeness (QED) is 0.889. The Bertz CT molecular complexity index is 605. The molecule has 0 aliphatic heterocycles. The van der Waals surface area contributed by atoms with Crippen LogP contribution in [0.25, 0.3) is 0 Å². The number of nitrogens with zero attached hydrogens (tertiary/aromatic N) is 2. The number of pyridine rings is 1. The Morgan fingerprint density at radius 3 is 2.83 bits per heavy atom. The van der Waals surface area contributed by atoms with Gasteiger partial charge in [0, 0.05) is 20.8 Å². The van der Waals surface area contributed by atoms with Gasteiger partial charge in [-0.15, -0.1) is 0 Å². The van der Waals surface area contributed by atoms with Crippen molar-refractivity contribution in [3.63, 3.8) is 0 Å². The third-order valence-corrected chi connectivity index (χ3v) is 3.46. The molecule has 18 heavy (non-hydrogen) atoms. The molecule has 0 aliphatic carbocycles. The van der Waals surface area contributed by atoms with E-state index in [0.717, 1.165) is 20.3 Å². The highest BCUT2D eigenvalue weighted by molar-refractivity contribution is 9.11. The average molecular weight is 367 g/mol. The van der Waals surface area contributed by atoms with E-state index in [1.165, 1.54) is 0 Å². The minimum atomic E-state index is 0.600. The molecule has 0 amide bonds. The van der Waals surface area contributed by atoms with E-state index in [1.807, 2.05) is 24.3 Å². The lowest BCUT2D eigenvalue weighted by atomic mass is 10.2. The first-order valence-corrected chi connectivity index (χ1v) is 6.81. The van der Waals surface area contributed by atoms with E-state index in [-0.39, 0.29) is 0 Å². The molecular formula is C13H9Br2N3. The van der Waals surface area contributed by atoms with Crippen molar-refractivity contribution in [2.24, 2.45) is 0 Å². The average Bonchev–Trinajstić information content (AvgIpc) is 2.38. The normalized spacial score (nSPS) is 9.83. The van der Waals surface area contributed by atoms with E-state index in [4.69, 9.17) is 5.26 Å². The fourth-order valence-electron chi connectivity index (χ4n) is 1.46. The van der Waals surface area contributed by atoms with Gasteiger partial charge >= 0.3 is 0 Å². The van der Waals surface area contributed by atoms with Gasteiger partial charge in [-0.05, 0) is 56.1 Å². The van der Waals surface area contributed by atoms with Gasteiger partial charge in [0.2, 0.25) is 0 Å². The Morgan fingerprint density at radius 1 is 1.28 bits per heavy atom. The Hall–Kier alpha value is -1.38. The maximum absolute atomic E-state index is 8.82. The predicted molar refractivity (Wildman–Crippen MR) is 78.1 cm³/mol. The molecule has 0 saturated heterocycles. The van der Waals surface area contributed by atoms with Crippen molar-refractivity contribution >= 4 is 37.5 Å². The van der Waals surface area contributed by atoms with Gasteiger partial charge in [0.15, 0.2) is 0 Å². The molecule has 1 aromatic heterocycles. The Morgan fingerprint density at radius 2 is 2.11 bits per heavy atom. The molecule has 1 N–H and O–H groups in total. The van der Waals surface area contributed by atoms with Crippen molar-refractivity contribution in [1.29, 1.82) is 5.26 Å². The highest BCUT2D eigenvalue weighted by Crippen LogP contribution is 2.20. The summed E-state index contributed by atoms with van der Waals surface area (Å²) < 4.78 is 1.88. The second kappa shape index (κ2) is 5.98. The van der Waals surface area contributed by atoms with Gasteiger partial charge in [-0.2, -0.15) is 5.26 Å². The third-order valence-electron chi connectivity index (χ3n) is 2.34. The number of anilines is 1. The molecule has 0 spiro atoms. The van der Waals surface area contributed by atoms with Crippen LogP contribution >= 0.6 is 31.9 Å². The molecule has 1 heterocycles. The fourth-order valence-corrected chi connectivity index (χ4v) is 2.59. The van der Waals surface area contributed by atoms with Gasteiger partial charge in [0.25, 0.3) is 0 Å². The lowest BCUT2D eigenvalue weighted by Crippen LogP contribution is -2.02. The van der Waals surface area contributed by atoms with Gasteiger partial charge < -0.3 is 5.32 Å². The Labute approximate surface area is 122 Å². The molecule has 90 valence electrons. The summed E-state index contributed by atoms with van der Waals surface area (Å²) >= 11 is 6.83. The van der Waals surface area contributed by atoms with E-state index < -0.39 is 0 Å². The van der Waals surface area contributed by atoms with Gasteiger partial charge in [-0.3, -0.25) is 4.98 Å². The molecule has 0 bridgehead atoms. The molecule has 0 fully saturated rings. The first-order valence-electron chi connectivity index (χ1n) is 5.23. The lowest BCUT2D eigenvalue weighted by molar-refractivity contribution is 1.03. The molecule has 0 unspecified atom stereocenters. The van der Waals surface area contributed by atoms with Gasteiger partial charge in [0.1, 0.15) is 0 Å². The van der Waals surface area contributed by atoms with E-state index in [1.54, 1.807) is 12.3 Å². The summed E-state index contributed by atoms with van der Waals surface area (Å²) in [6, 6.07) is 11.4. The maximum atomic E-state index is 8.82. The number of benzene rings is 1. The molecule has 0 saturated carbocycles. The van der Waals surface area contributed by atoms with E-state index in [0.29, 0.717) is 12.1 Å². The Balaban J connectivity index is 2.09. The zero-order valence-electron chi connectivity index (χ0n) is 9.32. The summed E-state index contributed by atoms with van der Waals surface area (Å²) in [5, 5.41) is 12.1. The van der Waals surface area contributed by atoms with Crippen LogP contribution in [0.3, 0.4) is 0 Å². The van der Waals surface area contributed by atoms with Crippen LogP contribution in [0.2, 0.25) is 0 Å². The first kappa shape index (κ1) is 13.1. The van der Waals surface area contributed by atoms with E-state index in [9.17, 15) is 0 Å². The van der Waals surface area contributed by atoms with Crippen molar-refractivity contribution in [3.05, 3.63) is 56.7 Å². The molecule has 3 nitrogen and oxygen atoms in total. The van der Waals surface area contributed by atoms with Crippen molar-refractivity contribution in [2.75, 3.05) is 5.32 Å². The van der Waals surface area contributed by atoms with Crippen LogP contribution in [-0.2, 0) is 6.54 Å². The standard InChI is InChI=1S/C13H9Br2N3/c14-10-5-12(15)13(18-7-10)8-17-11-3-1-2-9(4-11)6-16/h1-5,7,17H,8H2. The largest absolute Gasteiger partial charge is 0.379 e. The number of hydrogen-bond acceptors (Lipinski definition) is 3. The van der Waals surface area contributed by atoms with Crippen LogP contribution in [0.15, 0.2) is 45.5 Å². The number of nitriles is 1. The van der Waals surface area contributed by atoms with Crippen LogP contribution < -0.4 is 5.32 Å². The zero-order chi connectivity index (χ0) is 13.0. The molecule has 0 aliphatic rings. The van der Waals surface area contributed by atoms with Gasteiger partial charge in [-0.1, -0.05) is 6.07 Å². The summed E-state index contributed by atoms with van der Waals surface area (Å²) in [7, 11) is 0. The van der Waals surface area contributed by atoms with Crippen LogP contribution in [0.5, 0.6) is 0 Å². The number of aromatic nitrogens is 1. The lowest BCUT2D eigenvalue weighted by Gasteiger charge is -2.07. The maximum Gasteiger partial charge on any atom is 0.0992 e. The monoisotopic (exact) mass is 365 g/mol. The van der Waals surface area contributed by atoms with E-state index >= 15 is 0 Å². The SMILES string of the molecule is N#Cc1cccc(NCc2ncc(Br)cc2Br)c1. The van der Waals surface area contributed by atoms with Crippen molar-refractivity contribution in [1.82, 2.24) is 4.98 Å². The topological polar surface area (TPSA) is 48.7 Å². The zero-order valence-corrected chi connectivity index (χ0v) is 12.5. The van der Waals surface area contributed by atoms with Crippen LogP contribution in [-0.4, -0.2) is 4.98 Å². The smallest absolute Gasteiger partial charge is 0.0992 e.